The van der Waals surface area contributed by atoms with Gasteiger partial charge in [0, 0.05) is 28.9 Å². The SMILES string of the molecule is CC(C)(CO)C(O)C(=O)C(CSSCCN)(C(=O)C(O)C(C)(C)CO)N(CC(=O)O)CC(=O)O. The number of aliphatic carboxylic acids is 2. The smallest absolute Gasteiger partial charge is 0.317 e. The highest BCUT2D eigenvalue weighted by Crippen LogP contribution is 2.37. The number of nitrogens with two attached hydrogens (primary N) is 1. The zero-order valence-corrected chi connectivity index (χ0v) is 21.4. The lowest BCUT2D eigenvalue weighted by Gasteiger charge is -2.45. The van der Waals surface area contributed by atoms with Gasteiger partial charge in [-0.15, -0.1) is 0 Å². The number of carbonyl (C=O) groups excluding carboxylic acids is 2. The number of Topliss-reactive ketones (excluding diaryl/α,β-unsaturated/α-hetero) is 2. The number of ketones is 2. The van der Waals surface area contributed by atoms with Crippen LogP contribution in [-0.4, -0.2) is 121 Å². The molecular formula is C20H36N2O10S2. The van der Waals surface area contributed by atoms with Crippen molar-refractivity contribution >= 4 is 45.1 Å². The lowest BCUT2D eigenvalue weighted by molar-refractivity contribution is -0.164. The molecule has 14 heteroatoms. The Hall–Kier alpha value is -1.26. The molecule has 0 aliphatic heterocycles. The normalized spacial score (nSPS) is 16.1. The van der Waals surface area contributed by atoms with E-state index in [1.165, 1.54) is 27.7 Å². The Balaban J connectivity index is 7.10. The molecule has 0 fully saturated rings. The molecule has 2 unspecified atom stereocenters. The molecule has 34 heavy (non-hydrogen) atoms. The third-order valence-corrected chi connectivity index (χ3v) is 7.81. The highest BCUT2D eigenvalue weighted by atomic mass is 33.1. The van der Waals surface area contributed by atoms with Crippen molar-refractivity contribution in [3.63, 3.8) is 0 Å². The third-order valence-electron chi connectivity index (χ3n) is 5.35. The molecule has 0 aliphatic rings. The molecule has 0 spiro atoms. The molecule has 12 nitrogen and oxygen atoms in total. The van der Waals surface area contributed by atoms with Crippen molar-refractivity contribution in [3.8, 4) is 0 Å². The predicted molar refractivity (Wildman–Crippen MR) is 127 cm³/mol. The maximum absolute atomic E-state index is 13.8. The van der Waals surface area contributed by atoms with Crippen LogP contribution in [-0.2, 0) is 19.2 Å². The fraction of sp³-hybridized carbons (Fsp3) is 0.800. The lowest BCUT2D eigenvalue weighted by Crippen LogP contribution is -2.70. The number of hydrogen-bond donors (Lipinski definition) is 7. The summed E-state index contributed by atoms with van der Waals surface area (Å²) in [6.45, 7) is 2.00. The molecule has 0 saturated heterocycles. The van der Waals surface area contributed by atoms with E-state index in [1.807, 2.05) is 0 Å². The first-order valence-corrected chi connectivity index (χ1v) is 12.8. The molecule has 0 bridgehead atoms. The van der Waals surface area contributed by atoms with Gasteiger partial charge in [-0.3, -0.25) is 24.1 Å². The Bertz CT molecular complexity index is 682. The van der Waals surface area contributed by atoms with E-state index in [1.54, 1.807) is 0 Å². The van der Waals surface area contributed by atoms with E-state index >= 15 is 0 Å². The van der Waals surface area contributed by atoms with E-state index in [0.29, 0.717) is 10.7 Å². The van der Waals surface area contributed by atoms with Gasteiger partial charge in [-0.25, -0.2) is 0 Å². The summed E-state index contributed by atoms with van der Waals surface area (Å²) >= 11 is 0. The molecule has 0 aliphatic carbocycles. The lowest BCUT2D eigenvalue weighted by atomic mass is 9.72. The van der Waals surface area contributed by atoms with Crippen LogP contribution in [0.25, 0.3) is 0 Å². The topological polar surface area (TPSA) is 219 Å². The highest BCUT2D eigenvalue weighted by molar-refractivity contribution is 8.76. The van der Waals surface area contributed by atoms with E-state index in [4.69, 9.17) is 5.73 Å². The maximum Gasteiger partial charge on any atom is 0.317 e. The Morgan fingerprint density at radius 2 is 1.21 bits per heavy atom. The van der Waals surface area contributed by atoms with E-state index in [-0.39, 0.29) is 6.54 Å². The largest absolute Gasteiger partial charge is 0.480 e. The summed E-state index contributed by atoms with van der Waals surface area (Å²) in [6, 6.07) is 0. The monoisotopic (exact) mass is 528 g/mol. The van der Waals surface area contributed by atoms with Gasteiger partial charge in [-0.2, -0.15) is 0 Å². The van der Waals surface area contributed by atoms with Crippen LogP contribution in [0.1, 0.15) is 27.7 Å². The first-order valence-electron chi connectivity index (χ1n) is 10.3. The van der Waals surface area contributed by atoms with Crippen molar-refractivity contribution in [1.82, 2.24) is 4.90 Å². The van der Waals surface area contributed by atoms with Gasteiger partial charge in [0.25, 0.3) is 0 Å². The molecule has 0 amide bonds. The number of aliphatic hydroxyl groups excluding tert-OH is 4. The van der Waals surface area contributed by atoms with Gasteiger partial charge >= 0.3 is 11.9 Å². The third kappa shape index (κ3) is 8.16. The van der Waals surface area contributed by atoms with Crippen molar-refractivity contribution in [2.24, 2.45) is 16.6 Å². The first-order chi connectivity index (χ1) is 15.5. The number of aliphatic hydroxyl groups is 4. The summed E-state index contributed by atoms with van der Waals surface area (Å²) in [5.41, 5.74) is -0.143. The van der Waals surface area contributed by atoms with Crippen LogP contribution in [0.15, 0.2) is 0 Å². The fourth-order valence-electron chi connectivity index (χ4n) is 2.89. The highest BCUT2D eigenvalue weighted by Gasteiger charge is 2.58. The summed E-state index contributed by atoms with van der Waals surface area (Å²) < 4.78 is 0. The molecule has 8 N–H and O–H groups in total. The molecule has 198 valence electrons. The number of carboxylic acid groups (broad SMARTS) is 2. The maximum atomic E-state index is 13.8. The van der Waals surface area contributed by atoms with E-state index in [9.17, 15) is 49.8 Å². The standard InChI is InChI=1S/C20H36N2O10S2/c1-18(2,9-23)14(29)16(31)20(11-34-33-6-5-21,17(32)15(30)19(3,4)10-24)22(7-12(25)26)8-13(27)28/h14-15,23-24,29-30H,5-11,21H2,1-4H3,(H,25,26)(H,27,28). The van der Waals surface area contributed by atoms with Crippen molar-refractivity contribution in [2.45, 2.75) is 45.4 Å². The number of nitrogens with zero attached hydrogens (tertiary/aromatic N) is 1. The van der Waals surface area contributed by atoms with E-state index in [2.05, 4.69) is 0 Å². The average Bonchev–Trinajstić information content (AvgIpc) is 2.76. The van der Waals surface area contributed by atoms with Crippen LogP contribution in [0.2, 0.25) is 0 Å². The molecular weight excluding hydrogens is 492 g/mol. The van der Waals surface area contributed by atoms with Crippen LogP contribution in [0.3, 0.4) is 0 Å². The quantitative estimate of drug-likeness (QED) is 0.0607. The summed E-state index contributed by atoms with van der Waals surface area (Å²) in [4.78, 5) is 51.4. The number of carboxylic acids is 2. The zero-order valence-electron chi connectivity index (χ0n) is 19.8. The summed E-state index contributed by atoms with van der Waals surface area (Å²) in [5, 5.41) is 59.9. The predicted octanol–water partition coefficient (Wildman–Crippen LogP) is -1.57. The minimum atomic E-state index is -2.62. The van der Waals surface area contributed by atoms with Gasteiger partial charge in [0.15, 0.2) is 17.1 Å². The summed E-state index contributed by atoms with van der Waals surface area (Å²) in [5.74, 6) is -5.82. The molecule has 0 rings (SSSR count). The van der Waals surface area contributed by atoms with Gasteiger partial charge in [0.1, 0.15) is 12.2 Å². The Morgan fingerprint density at radius 3 is 1.50 bits per heavy atom. The minimum absolute atomic E-state index is 0.237. The van der Waals surface area contributed by atoms with Gasteiger partial charge in [0.05, 0.1) is 26.3 Å². The van der Waals surface area contributed by atoms with Crippen LogP contribution < -0.4 is 5.73 Å². The van der Waals surface area contributed by atoms with Crippen LogP contribution in [0.4, 0.5) is 0 Å². The van der Waals surface area contributed by atoms with Crippen LogP contribution in [0, 0.1) is 10.8 Å². The van der Waals surface area contributed by atoms with E-state index in [0.717, 1.165) is 21.6 Å². The second-order valence-corrected chi connectivity index (χ2v) is 11.8. The Kier molecular flexibility index (Phi) is 13.2. The van der Waals surface area contributed by atoms with Gasteiger partial charge in [0.2, 0.25) is 0 Å². The van der Waals surface area contributed by atoms with Crippen LogP contribution in [0.5, 0.6) is 0 Å². The van der Waals surface area contributed by atoms with Gasteiger partial charge in [-0.1, -0.05) is 49.3 Å². The van der Waals surface area contributed by atoms with Crippen molar-refractivity contribution in [1.29, 1.82) is 0 Å². The van der Waals surface area contributed by atoms with Gasteiger partial charge < -0.3 is 36.4 Å². The summed E-state index contributed by atoms with van der Waals surface area (Å²) in [6.07, 6.45) is -4.06. The molecule has 0 aromatic heterocycles. The van der Waals surface area contributed by atoms with E-state index < -0.39 is 84.1 Å². The number of hydrogen-bond acceptors (Lipinski definition) is 12. The first kappa shape index (κ1) is 32.7. The Labute approximate surface area is 206 Å². The molecule has 0 heterocycles. The minimum Gasteiger partial charge on any atom is -0.480 e. The van der Waals surface area contributed by atoms with Crippen LogP contribution >= 0.6 is 21.6 Å². The molecule has 2 atom stereocenters. The summed E-state index contributed by atoms with van der Waals surface area (Å²) in [7, 11) is 2.04. The number of carbonyl (C=O) groups is 4. The van der Waals surface area contributed by atoms with Crippen molar-refractivity contribution < 1.29 is 49.8 Å². The second-order valence-electron chi connectivity index (χ2n) is 9.20. The molecule has 0 aromatic rings. The fourth-order valence-corrected chi connectivity index (χ4v) is 5.23. The zero-order chi connectivity index (χ0) is 26.9. The van der Waals surface area contributed by atoms with Crippen molar-refractivity contribution in [2.75, 3.05) is 44.4 Å². The second kappa shape index (κ2) is 13.7. The van der Waals surface area contributed by atoms with Crippen molar-refractivity contribution in [3.05, 3.63) is 0 Å². The molecule has 0 saturated carbocycles. The van der Waals surface area contributed by atoms with Gasteiger partial charge in [-0.05, 0) is 0 Å². The number of rotatable bonds is 18. The average molecular weight is 529 g/mol. The Morgan fingerprint density at radius 1 is 0.824 bits per heavy atom. The molecule has 0 radical (unpaired) electrons. The molecule has 0 aromatic carbocycles.